The molecule has 3 heterocycles. The number of nitrogens with zero attached hydrogens (tertiary/aromatic N) is 6. The Labute approximate surface area is 207 Å². The lowest BCUT2D eigenvalue weighted by Crippen LogP contribution is -2.29. The van der Waals surface area contributed by atoms with Gasteiger partial charge >= 0.3 is 0 Å². The number of hydrogen-bond acceptors (Lipinski definition) is 7. The minimum Gasteiger partial charge on any atom is -0.382 e. The normalized spacial score (nSPS) is 11.7. The Bertz CT molecular complexity index is 1650. The minimum absolute atomic E-state index is 0.00247. The van der Waals surface area contributed by atoms with E-state index in [0.29, 0.717) is 22.6 Å². The SMILES string of the molecule is CC(NC(=O)c1nc(-c2ccc3ncccc3c2)c(-c2ccn(C)n2)nc1N)c1cccc(C#N)c1. The van der Waals surface area contributed by atoms with Gasteiger partial charge in [-0.25, -0.2) is 9.97 Å². The maximum absolute atomic E-state index is 13.3. The molecule has 1 amide bonds. The van der Waals surface area contributed by atoms with Gasteiger partial charge in [-0.15, -0.1) is 0 Å². The number of nitrogens with one attached hydrogen (secondary N) is 1. The second-order valence-corrected chi connectivity index (χ2v) is 8.37. The van der Waals surface area contributed by atoms with Crippen LogP contribution >= 0.6 is 0 Å². The molecule has 2 aromatic carbocycles. The summed E-state index contributed by atoms with van der Waals surface area (Å²) in [5.74, 6) is -0.469. The molecule has 176 valence electrons. The highest BCUT2D eigenvalue weighted by Gasteiger charge is 2.22. The van der Waals surface area contributed by atoms with Crippen molar-refractivity contribution in [3.63, 3.8) is 0 Å². The molecule has 9 nitrogen and oxygen atoms in total. The molecule has 1 atom stereocenters. The fraction of sp³-hybridized carbons (Fsp3) is 0.111. The van der Waals surface area contributed by atoms with E-state index in [-0.39, 0.29) is 17.6 Å². The lowest BCUT2D eigenvalue weighted by Gasteiger charge is -2.16. The summed E-state index contributed by atoms with van der Waals surface area (Å²) < 4.78 is 1.67. The first-order valence-corrected chi connectivity index (χ1v) is 11.3. The van der Waals surface area contributed by atoms with Crippen molar-refractivity contribution in [2.75, 3.05) is 5.73 Å². The number of nitrogens with two attached hydrogens (primary N) is 1. The van der Waals surface area contributed by atoms with Crippen LogP contribution < -0.4 is 11.1 Å². The smallest absolute Gasteiger partial charge is 0.274 e. The summed E-state index contributed by atoms with van der Waals surface area (Å²) in [6.07, 6.45) is 3.54. The number of carbonyl (C=O) groups is 1. The van der Waals surface area contributed by atoms with E-state index in [1.54, 1.807) is 35.3 Å². The Morgan fingerprint density at radius 1 is 1.08 bits per heavy atom. The Morgan fingerprint density at radius 2 is 1.94 bits per heavy atom. The number of aryl methyl sites for hydroxylation is 1. The number of nitriles is 1. The summed E-state index contributed by atoms with van der Waals surface area (Å²) in [5.41, 5.74) is 10.7. The minimum atomic E-state index is -0.467. The van der Waals surface area contributed by atoms with Crippen molar-refractivity contribution in [2.45, 2.75) is 13.0 Å². The molecule has 36 heavy (non-hydrogen) atoms. The fourth-order valence-corrected chi connectivity index (χ4v) is 3.99. The van der Waals surface area contributed by atoms with Crippen LogP contribution in [0, 0.1) is 11.3 Å². The van der Waals surface area contributed by atoms with Gasteiger partial charge in [-0.3, -0.25) is 14.5 Å². The van der Waals surface area contributed by atoms with Crippen LogP contribution in [0.5, 0.6) is 0 Å². The molecule has 3 aromatic heterocycles. The van der Waals surface area contributed by atoms with Gasteiger partial charge in [0, 0.05) is 30.4 Å². The molecule has 0 aliphatic carbocycles. The first-order valence-electron chi connectivity index (χ1n) is 11.3. The number of amides is 1. The second kappa shape index (κ2) is 9.27. The highest BCUT2D eigenvalue weighted by Crippen LogP contribution is 2.31. The molecule has 0 aliphatic heterocycles. The van der Waals surface area contributed by atoms with Crippen LogP contribution in [0.15, 0.2) is 73.1 Å². The maximum Gasteiger partial charge on any atom is 0.274 e. The van der Waals surface area contributed by atoms with Crippen molar-refractivity contribution in [1.29, 1.82) is 5.26 Å². The third kappa shape index (κ3) is 4.35. The quantitative estimate of drug-likeness (QED) is 0.392. The van der Waals surface area contributed by atoms with Crippen molar-refractivity contribution >= 4 is 22.6 Å². The van der Waals surface area contributed by atoms with E-state index in [0.717, 1.165) is 22.0 Å². The van der Waals surface area contributed by atoms with Crippen molar-refractivity contribution in [1.82, 2.24) is 30.0 Å². The molecule has 0 saturated carbocycles. The number of hydrogen-bond donors (Lipinski definition) is 2. The van der Waals surface area contributed by atoms with Crippen molar-refractivity contribution in [3.8, 4) is 28.7 Å². The van der Waals surface area contributed by atoms with Gasteiger partial charge in [0.05, 0.1) is 28.9 Å². The van der Waals surface area contributed by atoms with Crippen LogP contribution in [-0.2, 0) is 7.05 Å². The largest absolute Gasteiger partial charge is 0.382 e. The molecule has 0 bridgehead atoms. The van der Waals surface area contributed by atoms with Crippen LogP contribution in [0.2, 0.25) is 0 Å². The number of rotatable bonds is 5. The molecule has 0 radical (unpaired) electrons. The number of pyridine rings is 1. The first kappa shape index (κ1) is 22.7. The number of benzene rings is 2. The molecule has 5 rings (SSSR count). The summed E-state index contributed by atoms with van der Waals surface area (Å²) in [4.78, 5) is 26.9. The van der Waals surface area contributed by atoms with E-state index < -0.39 is 5.91 Å². The molecule has 5 aromatic rings. The molecule has 0 aliphatic rings. The van der Waals surface area contributed by atoms with E-state index in [9.17, 15) is 10.1 Å². The van der Waals surface area contributed by atoms with E-state index in [2.05, 4.69) is 26.5 Å². The van der Waals surface area contributed by atoms with Gasteiger partial charge in [-0.05, 0) is 48.9 Å². The number of carbonyl (C=O) groups excluding carboxylic acids is 1. The monoisotopic (exact) mass is 474 g/mol. The highest BCUT2D eigenvalue weighted by atomic mass is 16.2. The van der Waals surface area contributed by atoms with Crippen molar-refractivity contribution < 1.29 is 4.79 Å². The predicted octanol–water partition coefficient (Wildman–Crippen LogP) is 4.04. The summed E-state index contributed by atoms with van der Waals surface area (Å²) >= 11 is 0. The molecule has 9 heteroatoms. The standard InChI is InChI=1S/C27H22N8O/c1-16(18-6-3-5-17(13-18)15-28)31-27(36)25-26(29)33-24(22-10-12-35(2)34-22)23(32-25)20-8-9-21-19(14-20)7-4-11-30-21/h3-14,16H,1-2H3,(H2,29,33)(H,31,36). The molecule has 1 unspecified atom stereocenters. The van der Waals surface area contributed by atoms with Gasteiger partial charge in [-0.2, -0.15) is 10.4 Å². The zero-order chi connectivity index (χ0) is 25.2. The summed E-state index contributed by atoms with van der Waals surface area (Å²) in [6, 6.07) is 20.2. The maximum atomic E-state index is 13.3. The van der Waals surface area contributed by atoms with E-state index >= 15 is 0 Å². The van der Waals surface area contributed by atoms with Gasteiger partial charge in [0.1, 0.15) is 11.4 Å². The number of fused-ring (bicyclic) bond motifs is 1. The lowest BCUT2D eigenvalue weighted by molar-refractivity contribution is 0.0935. The number of anilines is 1. The Kier molecular flexibility index (Phi) is 5.84. The van der Waals surface area contributed by atoms with Gasteiger partial charge in [0.15, 0.2) is 11.5 Å². The zero-order valence-electron chi connectivity index (χ0n) is 19.7. The third-order valence-corrected chi connectivity index (χ3v) is 5.83. The van der Waals surface area contributed by atoms with Gasteiger partial charge in [0.25, 0.3) is 5.91 Å². The average molecular weight is 475 g/mol. The van der Waals surface area contributed by atoms with E-state index in [1.165, 1.54) is 0 Å². The number of nitrogen functional groups attached to an aromatic ring is 1. The Hall–Kier alpha value is -5.10. The van der Waals surface area contributed by atoms with Crippen LogP contribution in [-0.4, -0.2) is 30.6 Å². The lowest BCUT2D eigenvalue weighted by atomic mass is 10.0. The van der Waals surface area contributed by atoms with Crippen LogP contribution in [0.1, 0.15) is 34.6 Å². The third-order valence-electron chi connectivity index (χ3n) is 5.83. The summed E-state index contributed by atoms with van der Waals surface area (Å²) in [7, 11) is 1.81. The van der Waals surface area contributed by atoms with Gasteiger partial charge in [-0.1, -0.05) is 24.3 Å². The molecule has 0 saturated heterocycles. The van der Waals surface area contributed by atoms with Crippen LogP contribution in [0.4, 0.5) is 5.82 Å². The first-order chi connectivity index (χ1) is 17.4. The fourth-order valence-electron chi connectivity index (χ4n) is 3.99. The van der Waals surface area contributed by atoms with E-state index in [1.807, 2.05) is 56.4 Å². The molecular weight excluding hydrogens is 452 g/mol. The Morgan fingerprint density at radius 3 is 2.72 bits per heavy atom. The topological polar surface area (TPSA) is 135 Å². The van der Waals surface area contributed by atoms with Gasteiger partial charge in [0.2, 0.25) is 0 Å². The van der Waals surface area contributed by atoms with Crippen molar-refractivity contribution in [2.24, 2.45) is 7.05 Å². The summed E-state index contributed by atoms with van der Waals surface area (Å²) in [6.45, 7) is 1.83. The zero-order valence-corrected chi connectivity index (χ0v) is 19.7. The molecule has 3 N–H and O–H groups in total. The summed E-state index contributed by atoms with van der Waals surface area (Å²) in [5, 5.41) is 17.5. The highest BCUT2D eigenvalue weighted by molar-refractivity contribution is 5.98. The predicted molar refractivity (Wildman–Crippen MR) is 136 cm³/mol. The van der Waals surface area contributed by atoms with Crippen LogP contribution in [0.25, 0.3) is 33.5 Å². The van der Waals surface area contributed by atoms with Crippen LogP contribution in [0.3, 0.4) is 0 Å². The average Bonchev–Trinajstić information content (AvgIpc) is 3.34. The molecule has 0 fully saturated rings. The van der Waals surface area contributed by atoms with Crippen molar-refractivity contribution in [3.05, 3.63) is 89.9 Å². The molecule has 0 spiro atoms. The van der Waals surface area contributed by atoms with Gasteiger partial charge < -0.3 is 11.1 Å². The molecular formula is C27H22N8O. The Balaban J connectivity index is 1.58. The number of aromatic nitrogens is 5. The second-order valence-electron chi connectivity index (χ2n) is 8.37. The van der Waals surface area contributed by atoms with E-state index in [4.69, 9.17) is 10.7 Å².